The predicted octanol–water partition coefficient (Wildman–Crippen LogP) is 3.87. The molecule has 0 rings (SSSR count). The number of hydrogen-bond acceptors (Lipinski definition) is 0. The normalized spacial score (nSPS) is 11.2. The van der Waals surface area contributed by atoms with Gasteiger partial charge in [-0.25, -0.2) is 0 Å². The van der Waals surface area contributed by atoms with E-state index in [9.17, 15) is 0 Å². The molecule has 0 N–H and O–H groups in total. The minimum absolute atomic E-state index is 1.14. The van der Waals surface area contributed by atoms with E-state index < -0.39 is 0 Å². The average Bonchev–Trinajstić information content (AvgIpc) is 1.87. The van der Waals surface area contributed by atoms with Gasteiger partial charge in [-0.15, -0.1) is 0 Å². The molecule has 0 radical (unpaired) electrons. The fourth-order valence-corrected chi connectivity index (χ4v) is 0.592. The molecule has 0 unspecified atom stereocenters. The van der Waals surface area contributed by atoms with Crippen LogP contribution in [0.25, 0.3) is 0 Å². The van der Waals surface area contributed by atoms with Crippen LogP contribution in [-0.2, 0) is 0 Å². The maximum absolute atomic E-state index is 3.88. The van der Waals surface area contributed by atoms with Crippen LogP contribution in [0.1, 0.15) is 34.6 Å². The minimum Gasteiger partial charge on any atom is -0.0958 e. The van der Waals surface area contributed by atoms with E-state index in [-0.39, 0.29) is 0 Å². The van der Waals surface area contributed by atoms with Crippen molar-refractivity contribution in [3.05, 3.63) is 34.9 Å². The van der Waals surface area contributed by atoms with Gasteiger partial charge in [-0.2, -0.15) is 0 Å². The smallest absolute Gasteiger partial charge is 0.0395 e. The van der Waals surface area contributed by atoms with Gasteiger partial charge in [-0.1, -0.05) is 29.4 Å². The van der Waals surface area contributed by atoms with Crippen molar-refractivity contribution in [2.24, 2.45) is 0 Å². The van der Waals surface area contributed by atoms with Crippen LogP contribution in [0.2, 0.25) is 0 Å². The first-order valence-corrected chi connectivity index (χ1v) is 3.93. The summed E-state index contributed by atoms with van der Waals surface area (Å²) in [5.41, 5.74) is 5.12. The Labute approximate surface area is 70.3 Å². The molecule has 0 bridgehead atoms. The molecule has 0 spiro atoms. The predicted molar refractivity (Wildman–Crippen MR) is 52.6 cm³/mol. The summed E-state index contributed by atoms with van der Waals surface area (Å²) in [6.07, 6.45) is 2.18. The summed E-state index contributed by atoms with van der Waals surface area (Å²) in [6, 6.07) is 0. The summed E-state index contributed by atoms with van der Waals surface area (Å²) in [4.78, 5) is 0. The van der Waals surface area contributed by atoms with Crippen LogP contribution in [0, 0.1) is 0 Å². The molecule has 0 heterocycles. The third-order valence-corrected chi connectivity index (χ3v) is 1.89. The minimum atomic E-state index is 1.14. The molecule has 62 valence electrons. The van der Waals surface area contributed by atoms with Crippen molar-refractivity contribution in [2.45, 2.75) is 34.6 Å². The second-order valence-corrected chi connectivity index (χ2v) is 3.29. The zero-order valence-corrected chi connectivity index (χ0v) is 8.28. The van der Waals surface area contributed by atoms with E-state index in [0.29, 0.717) is 0 Å². The maximum atomic E-state index is 3.88. The summed E-state index contributed by atoms with van der Waals surface area (Å²) >= 11 is 0. The molecule has 0 aromatic carbocycles. The molecule has 0 heteroatoms. The molecule has 0 amide bonds. The van der Waals surface area contributed by atoms with Gasteiger partial charge in [0, 0.05) is 0 Å². The Balaban J connectivity index is 4.58. The Morgan fingerprint density at radius 2 is 1.45 bits per heavy atom. The molecule has 0 aliphatic rings. The fraction of sp³-hybridized carbons (Fsp3) is 0.455. The van der Waals surface area contributed by atoms with E-state index in [1.165, 1.54) is 16.7 Å². The van der Waals surface area contributed by atoms with Gasteiger partial charge in [0.2, 0.25) is 0 Å². The van der Waals surface area contributed by atoms with Gasteiger partial charge in [0.05, 0.1) is 0 Å². The molecular weight excluding hydrogens is 132 g/mol. The highest BCUT2D eigenvalue weighted by molar-refractivity contribution is 5.33. The van der Waals surface area contributed by atoms with Crippen LogP contribution in [0.3, 0.4) is 0 Å². The lowest BCUT2D eigenvalue weighted by Gasteiger charge is -2.00. The molecule has 0 aromatic rings. The molecule has 0 atom stereocenters. The van der Waals surface area contributed by atoms with Crippen molar-refractivity contribution in [3.8, 4) is 0 Å². The zero-order chi connectivity index (χ0) is 9.02. The van der Waals surface area contributed by atoms with Crippen molar-refractivity contribution in [1.82, 2.24) is 0 Å². The molecule has 0 aromatic heterocycles. The van der Waals surface area contributed by atoms with E-state index in [4.69, 9.17) is 0 Å². The molecule has 0 aliphatic heterocycles. The van der Waals surface area contributed by atoms with Gasteiger partial charge in [0.25, 0.3) is 0 Å². The van der Waals surface area contributed by atoms with Crippen molar-refractivity contribution < 1.29 is 0 Å². The van der Waals surface area contributed by atoms with E-state index in [1.807, 2.05) is 6.92 Å². The SMILES string of the molecule is C=C(C)/C(C)=C\C(C)=C(C)C. The number of rotatable bonds is 2. The van der Waals surface area contributed by atoms with Crippen LogP contribution in [0.15, 0.2) is 34.9 Å². The first-order chi connectivity index (χ1) is 4.95. The Bertz CT molecular complexity index is 210. The molecular formula is C11H18. The second-order valence-electron chi connectivity index (χ2n) is 3.29. The molecule has 0 nitrogen and oxygen atoms in total. The van der Waals surface area contributed by atoms with Crippen LogP contribution in [0.4, 0.5) is 0 Å². The monoisotopic (exact) mass is 150 g/mol. The third kappa shape index (κ3) is 3.82. The lowest BCUT2D eigenvalue weighted by Crippen LogP contribution is -1.80. The van der Waals surface area contributed by atoms with Crippen LogP contribution in [0.5, 0.6) is 0 Å². The van der Waals surface area contributed by atoms with Gasteiger partial charge in [0.15, 0.2) is 0 Å². The summed E-state index contributed by atoms with van der Waals surface area (Å²) in [5, 5.41) is 0. The standard InChI is InChI=1S/C11H18/c1-8(2)10(5)7-11(6)9(3)4/h7H,1H2,2-6H3/b10-7-. The molecule has 0 saturated heterocycles. The molecule has 0 saturated carbocycles. The maximum Gasteiger partial charge on any atom is -0.0395 e. The van der Waals surface area contributed by atoms with Crippen LogP contribution in [-0.4, -0.2) is 0 Å². The summed E-state index contributed by atoms with van der Waals surface area (Å²) < 4.78 is 0. The van der Waals surface area contributed by atoms with Crippen molar-refractivity contribution in [1.29, 1.82) is 0 Å². The highest BCUT2D eigenvalue weighted by atomic mass is 14.0. The number of hydrogen-bond donors (Lipinski definition) is 0. The summed E-state index contributed by atoms with van der Waals surface area (Å²) in [5.74, 6) is 0. The molecule has 0 aliphatic carbocycles. The van der Waals surface area contributed by atoms with E-state index >= 15 is 0 Å². The molecule has 0 fully saturated rings. The van der Waals surface area contributed by atoms with Gasteiger partial charge in [0.1, 0.15) is 0 Å². The van der Waals surface area contributed by atoms with Gasteiger partial charge < -0.3 is 0 Å². The van der Waals surface area contributed by atoms with Crippen molar-refractivity contribution in [2.75, 3.05) is 0 Å². The van der Waals surface area contributed by atoms with Crippen molar-refractivity contribution in [3.63, 3.8) is 0 Å². The highest BCUT2D eigenvalue weighted by Crippen LogP contribution is 2.11. The molecule has 11 heavy (non-hydrogen) atoms. The van der Waals surface area contributed by atoms with Gasteiger partial charge in [-0.3, -0.25) is 0 Å². The summed E-state index contributed by atoms with van der Waals surface area (Å²) in [7, 11) is 0. The Morgan fingerprint density at radius 1 is 1.00 bits per heavy atom. The Kier molecular flexibility index (Phi) is 3.88. The van der Waals surface area contributed by atoms with E-state index in [2.05, 4.69) is 40.3 Å². The first kappa shape index (κ1) is 10.2. The zero-order valence-electron chi connectivity index (χ0n) is 8.28. The van der Waals surface area contributed by atoms with E-state index in [1.54, 1.807) is 0 Å². The van der Waals surface area contributed by atoms with Crippen LogP contribution >= 0.6 is 0 Å². The van der Waals surface area contributed by atoms with Gasteiger partial charge >= 0.3 is 0 Å². The number of allylic oxidation sites excluding steroid dienone is 5. The quantitative estimate of drug-likeness (QED) is 0.524. The van der Waals surface area contributed by atoms with Crippen molar-refractivity contribution >= 4 is 0 Å². The summed E-state index contributed by atoms with van der Waals surface area (Å²) in [6.45, 7) is 14.4. The third-order valence-electron chi connectivity index (χ3n) is 1.89. The highest BCUT2D eigenvalue weighted by Gasteiger charge is 1.90. The lowest BCUT2D eigenvalue weighted by molar-refractivity contribution is 1.26. The topological polar surface area (TPSA) is 0 Å². The largest absolute Gasteiger partial charge is 0.0958 e. The fourth-order valence-electron chi connectivity index (χ4n) is 0.592. The second kappa shape index (κ2) is 4.17. The first-order valence-electron chi connectivity index (χ1n) is 3.93. The van der Waals surface area contributed by atoms with E-state index in [0.717, 1.165) is 5.57 Å². The van der Waals surface area contributed by atoms with Crippen LogP contribution < -0.4 is 0 Å². The average molecular weight is 150 g/mol. The van der Waals surface area contributed by atoms with Gasteiger partial charge in [-0.05, 0) is 40.2 Å². The lowest BCUT2D eigenvalue weighted by atomic mass is 10.1. The Hall–Kier alpha value is -0.780. The Morgan fingerprint density at radius 3 is 1.73 bits per heavy atom.